The highest BCUT2D eigenvalue weighted by Gasteiger charge is 2.36. The molecule has 0 saturated carbocycles. The third-order valence-electron chi connectivity index (χ3n) is 3.26. The Hall–Kier alpha value is -2.29. The number of aromatic amines is 1. The Bertz CT molecular complexity index is 761. The van der Waals surface area contributed by atoms with Crippen LogP contribution in [0.25, 0.3) is 0 Å². The Labute approximate surface area is 140 Å². The van der Waals surface area contributed by atoms with Crippen LogP contribution in [0.5, 0.6) is 0 Å². The van der Waals surface area contributed by atoms with E-state index in [4.69, 9.17) is 11.6 Å². The molecule has 2 N–H and O–H groups in total. The molecular formula is C14H14ClF3N4O2. The van der Waals surface area contributed by atoms with Crippen LogP contribution in [0.2, 0.25) is 5.02 Å². The van der Waals surface area contributed by atoms with Gasteiger partial charge >= 0.3 is 6.18 Å². The number of rotatable bonds is 5. The molecule has 1 unspecified atom stereocenters. The van der Waals surface area contributed by atoms with Gasteiger partial charge in [-0.15, -0.1) is 0 Å². The van der Waals surface area contributed by atoms with Gasteiger partial charge in [-0.2, -0.15) is 18.3 Å². The zero-order valence-electron chi connectivity index (χ0n) is 12.7. The predicted molar refractivity (Wildman–Crippen MR) is 83.2 cm³/mol. The summed E-state index contributed by atoms with van der Waals surface area (Å²) in [6.07, 6.45) is -4.33. The number of nitrogens with zero attached hydrogens (tertiary/aromatic N) is 2. The lowest BCUT2D eigenvalue weighted by atomic mass is 10.1. The van der Waals surface area contributed by atoms with Gasteiger partial charge in [0, 0.05) is 24.2 Å². The number of H-pyrrole nitrogens is 1. The van der Waals surface area contributed by atoms with E-state index in [1.165, 1.54) is 0 Å². The molecule has 0 amide bonds. The van der Waals surface area contributed by atoms with Crippen LogP contribution < -0.4 is 5.32 Å². The van der Waals surface area contributed by atoms with Crippen LogP contribution in [-0.4, -0.2) is 21.2 Å². The number of benzene rings is 1. The lowest BCUT2D eigenvalue weighted by molar-refractivity contribution is -0.384. The second-order valence-electron chi connectivity index (χ2n) is 5.40. The van der Waals surface area contributed by atoms with Crippen molar-refractivity contribution in [2.75, 3.05) is 5.32 Å². The van der Waals surface area contributed by atoms with Gasteiger partial charge in [-0.1, -0.05) is 11.6 Å². The van der Waals surface area contributed by atoms with Gasteiger partial charge < -0.3 is 5.32 Å². The van der Waals surface area contributed by atoms with Crippen molar-refractivity contribution >= 4 is 23.0 Å². The normalized spacial score (nSPS) is 12.9. The zero-order valence-corrected chi connectivity index (χ0v) is 13.5. The van der Waals surface area contributed by atoms with E-state index in [1.54, 1.807) is 6.92 Å². The first kappa shape index (κ1) is 18.1. The van der Waals surface area contributed by atoms with E-state index in [-0.39, 0.29) is 11.7 Å². The second-order valence-corrected chi connectivity index (χ2v) is 5.80. The number of alkyl halides is 3. The maximum Gasteiger partial charge on any atom is 0.418 e. The third kappa shape index (κ3) is 4.16. The van der Waals surface area contributed by atoms with Gasteiger partial charge in [-0.25, -0.2) is 0 Å². The standard InChI is InChI=1S/C14H14ClF3N4O2/c1-7(3-9-4-8(2)20-21-9)19-12-6-11(15)10(14(16,17)18)5-13(12)22(23)24/h4-7,19H,3H2,1-2H3,(H,20,21). The van der Waals surface area contributed by atoms with Gasteiger partial charge in [0.15, 0.2) is 0 Å². The van der Waals surface area contributed by atoms with Crippen molar-refractivity contribution < 1.29 is 18.1 Å². The maximum absolute atomic E-state index is 12.8. The molecule has 0 fully saturated rings. The fourth-order valence-electron chi connectivity index (χ4n) is 2.25. The first-order valence-electron chi connectivity index (χ1n) is 6.90. The molecule has 0 radical (unpaired) electrons. The highest BCUT2D eigenvalue weighted by molar-refractivity contribution is 6.31. The molecule has 1 aromatic heterocycles. The third-order valence-corrected chi connectivity index (χ3v) is 3.58. The van der Waals surface area contributed by atoms with Crippen LogP contribution in [0.1, 0.15) is 23.9 Å². The minimum Gasteiger partial charge on any atom is -0.377 e. The van der Waals surface area contributed by atoms with Crippen molar-refractivity contribution in [2.24, 2.45) is 0 Å². The molecule has 1 aromatic carbocycles. The molecule has 0 spiro atoms. The van der Waals surface area contributed by atoms with Crippen molar-refractivity contribution in [1.82, 2.24) is 10.2 Å². The summed E-state index contributed by atoms with van der Waals surface area (Å²) in [4.78, 5) is 10.2. The number of halogens is 4. The van der Waals surface area contributed by atoms with Gasteiger partial charge in [-0.05, 0) is 26.0 Å². The van der Waals surface area contributed by atoms with E-state index in [9.17, 15) is 23.3 Å². The van der Waals surface area contributed by atoms with E-state index >= 15 is 0 Å². The number of nitro benzene ring substituents is 1. The molecule has 0 aliphatic heterocycles. The van der Waals surface area contributed by atoms with Crippen LogP contribution in [0.15, 0.2) is 18.2 Å². The Morgan fingerprint density at radius 3 is 2.58 bits per heavy atom. The number of hydrogen-bond donors (Lipinski definition) is 2. The van der Waals surface area contributed by atoms with Crippen molar-refractivity contribution in [3.05, 3.63) is 50.3 Å². The van der Waals surface area contributed by atoms with Crippen LogP contribution in [0.3, 0.4) is 0 Å². The number of hydrogen-bond acceptors (Lipinski definition) is 4. The largest absolute Gasteiger partial charge is 0.418 e. The first-order valence-corrected chi connectivity index (χ1v) is 7.28. The van der Waals surface area contributed by atoms with Crippen molar-refractivity contribution in [1.29, 1.82) is 0 Å². The van der Waals surface area contributed by atoms with Crippen molar-refractivity contribution in [3.63, 3.8) is 0 Å². The highest BCUT2D eigenvalue weighted by atomic mass is 35.5. The second kappa shape index (κ2) is 6.68. The summed E-state index contributed by atoms with van der Waals surface area (Å²) < 4.78 is 38.5. The number of anilines is 1. The number of aryl methyl sites for hydroxylation is 1. The summed E-state index contributed by atoms with van der Waals surface area (Å²) in [5.74, 6) is 0. The molecule has 1 atom stereocenters. The SMILES string of the molecule is Cc1cc(CC(C)Nc2cc(Cl)c(C(F)(F)F)cc2[N+](=O)[O-])n[nH]1. The first-order chi connectivity index (χ1) is 11.1. The fraction of sp³-hybridized carbons (Fsp3) is 0.357. The summed E-state index contributed by atoms with van der Waals surface area (Å²) in [5.41, 5.74) is -0.402. The molecule has 1 heterocycles. The molecule has 24 heavy (non-hydrogen) atoms. The molecule has 6 nitrogen and oxygen atoms in total. The molecule has 0 aliphatic carbocycles. The number of nitro groups is 1. The van der Waals surface area contributed by atoms with E-state index in [0.717, 1.165) is 17.5 Å². The topological polar surface area (TPSA) is 83.8 Å². The van der Waals surface area contributed by atoms with Gasteiger partial charge in [0.1, 0.15) is 5.69 Å². The van der Waals surface area contributed by atoms with Crippen LogP contribution >= 0.6 is 11.6 Å². The Morgan fingerprint density at radius 1 is 1.42 bits per heavy atom. The lowest BCUT2D eigenvalue weighted by Gasteiger charge is -2.16. The summed E-state index contributed by atoms with van der Waals surface area (Å²) >= 11 is 5.64. The highest BCUT2D eigenvalue weighted by Crippen LogP contribution is 2.40. The quantitative estimate of drug-likeness (QED) is 0.612. The Morgan fingerprint density at radius 2 is 2.08 bits per heavy atom. The molecule has 0 bridgehead atoms. The van der Waals surface area contributed by atoms with Crippen molar-refractivity contribution in [3.8, 4) is 0 Å². The molecule has 0 saturated heterocycles. The van der Waals surface area contributed by atoms with Gasteiger partial charge in [0.2, 0.25) is 0 Å². The summed E-state index contributed by atoms with van der Waals surface area (Å²) in [6, 6.07) is 2.87. The molecule has 0 aliphatic rings. The average molecular weight is 363 g/mol. The van der Waals surface area contributed by atoms with E-state index in [0.29, 0.717) is 12.5 Å². The van der Waals surface area contributed by atoms with E-state index in [2.05, 4.69) is 15.5 Å². The Balaban J connectivity index is 2.28. The van der Waals surface area contributed by atoms with Crippen LogP contribution in [-0.2, 0) is 12.6 Å². The number of aromatic nitrogens is 2. The van der Waals surface area contributed by atoms with E-state index < -0.39 is 27.4 Å². The van der Waals surface area contributed by atoms with Crippen LogP contribution in [0, 0.1) is 17.0 Å². The molecule has 2 aromatic rings. The lowest BCUT2D eigenvalue weighted by Crippen LogP contribution is -2.19. The summed E-state index contributed by atoms with van der Waals surface area (Å²) in [7, 11) is 0. The molecule has 2 rings (SSSR count). The average Bonchev–Trinajstić information content (AvgIpc) is 2.81. The van der Waals surface area contributed by atoms with Gasteiger partial charge in [-0.3, -0.25) is 15.2 Å². The smallest absolute Gasteiger partial charge is 0.377 e. The predicted octanol–water partition coefficient (Wildman–Crippen LogP) is 4.34. The minimum absolute atomic E-state index is 0.0715. The summed E-state index contributed by atoms with van der Waals surface area (Å²) in [5, 5.41) is 20.1. The van der Waals surface area contributed by atoms with Gasteiger partial charge in [0.25, 0.3) is 5.69 Å². The molecule has 10 heteroatoms. The summed E-state index contributed by atoms with van der Waals surface area (Å²) in [6.45, 7) is 3.56. The number of nitrogens with one attached hydrogen (secondary N) is 2. The Kier molecular flexibility index (Phi) is 5.02. The fourth-order valence-corrected chi connectivity index (χ4v) is 2.53. The van der Waals surface area contributed by atoms with Crippen LogP contribution in [0.4, 0.5) is 24.5 Å². The minimum atomic E-state index is -4.77. The van der Waals surface area contributed by atoms with Crippen molar-refractivity contribution in [2.45, 2.75) is 32.5 Å². The van der Waals surface area contributed by atoms with Gasteiger partial charge in [0.05, 0.1) is 21.2 Å². The maximum atomic E-state index is 12.8. The monoisotopic (exact) mass is 362 g/mol. The zero-order chi connectivity index (χ0) is 18.1. The molecular weight excluding hydrogens is 349 g/mol. The van der Waals surface area contributed by atoms with E-state index in [1.807, 2.05) is 13.0 Å². The molecule has 130 valence electrons.